The van der Waals surface area contributed by atoms with E-state index in [9.17, 15) is 4.39 Å². The molecule has 4 heteroatoms. The number of nitrogens with one attached hydrogen (secondary N) is 1. The summed E-state index contributed by atoms with van der Waals surface area (Å²) < 4.78 is 13.3. The minimum atomic E-state index is -0.547. The topological polar surface area (TPSA) is 12.0 Å². The molecule has 0 aliphatic heterocycles. The summed E-state index contributed by atoms with van der Waals surface area (Å²) in [6.45, 7) is 4.54. The van der Waals surface area contributed by atoms with Crippen LogP contribution in [0.4, 0.5) is 10.1 Å². The van der Waals surface area contributed by atoms with E-state index < -0.39 is 5.82 Å². The van der Waals surface area contributed by atoms with E-state index in [4.69, 9.17) is 23.2 Å². The summed E-state index contributed by atoms with van der Waals surface area (Å²) in [7, 11) is 0. The molecule has 1 N–H and O–H groups in total. The maximum absolute atomic E-state index is 13.3. The van der Waals surface area contributed by atoms with Crippen molar-refractivity contribution in [3.05, 3.63) is 28.0 Å². The lowest BCUT2D eigenvalue weighted by atomic mass is 9.80. The molecule has 3 atom stereocenters. The van der Waals surface area contributed by atoms with Crippen LogP contribution in [0, 0.1) is 17.7 Å². The van der Waals surface area contributed by atoms with Crippen molar-refractivity contribution in [1.82, 2.24) is 0 Å². The van der Waals surface area contributed by atoms with Crippen molar-refractivity contribution in [2.45, 2.75) is 39.2 Å². The zero-order valence-corrected chi connectivity index (χ0v) is 12.2. The van der Waals surface area contributed by atoms with Gasteiger partial charge in [-0.3, -0.25) is 0 Å². The van der Waals surface area contributed by atoms with E-state index in [1.54, 1.807) is 12.1 Å². The SMILES string of the molecule is CC1CCC(Nc2cc(Cl)c(F)c(Cl)c2)C(C)C1. The van der Waals surface area contributed by atoms with Gasteiger partial charge in [-0.25, -0.2) is 4.39 Å². The van der Waals surface area contributed by atoms with Gasteiger partial charge >= 0.3 is 0 Å². The molecule has 0 radical (unpaired) electrons. The average Bonchev–Trinajstić information content (AvgIpc) is 2.29. The van der Waals surface area contributed by atoms with Crippen LogP contribution < -0.4 is 5.32 Å². The minimum absolute atomic E-state index is 0.0711. The first-order valence-electron chi connectivity index (χ1n) is 6.38. The first-order chi connectivity index (χ1) is 8.47. The maximum atomic E-state index is 13.3. The van der Waals surface area contributed by atoms with E-state index in [1.165, 1.54) is 12.8 Å². The molecule has 18 heavy (non-hydrogen) atoms. The van der Waals surface area contributed by atoms with Crippen molar-refractivity contribution in [2.75, 3.05) is 5.32 Å². The average molecular weight is 290 g/mol. The van der Waals surface area contributed by atoms with Gasteiger partial charge in [0.05, 0.1) is 10.0 Å². The Kier molecular flexibility index (Phi) is 4.39. The predicted octanol–water partition coefficient (Wildman–Crippen LogP) is 5.37. The number of rotatable bonds is 2. The zero-order valence-electron chi connectivity index (χ0n) is 10.6. The van der Waals surface area contributed by atoms with Crippen LogP contribution in [0.15, 0.2) is 12.1 Å². The first kappa shape index (κ1) is 14.0. The Balaban J connectivity index is 2.10. The molecule has 1 aromatic carbocycles. The Morgan fingerprint density at radius 2 is 1.78 bits per heavy atom. The first-order valence-corrected chi connectivity index (χ1v) is 7.14. The van der Waals surface area contributed by atoms with Gasteiger partial charge in [0.2, 0.25) is 0 Å². The molecule has 1 aromatic rings. The highest BCUT2D eigenvalue weighted by Crippen LogP contribution is 2.33. The molecule has 0 aromatic heterocycles. The molecule has 0 heterocycles. The quantitative estimate of drug-likeness (QED) is 0.722. The minimum Gasteiger partial charge on any atom is -0.382 e. The smallest absolute Gasteiger partial charge is 0.160 e. The zero-order chi connectivity index (χ0) is 13.3. The summed E-state index contributed by atoms with van der Waals surface area (Å²) in [6, 6.07) is 3.62. The van der Waals surface area contributed by atoms with Crippen molar-refractivity contribution in [3.8, 4) is 0 Å². The second-order valence-electron chi connectivity index (χ2n) is 5.40. The molecule has 1 nitrogen and oxygen atoms in total. The molecular formula is C14H18Cl2FN. The van der Waals surface area contributed by atoms with Crippen LogP contribution >= 0.6 is 23.2 Å². The fraction of sp³-hybridized carbons (Fsp3) is 0.571. The highest BCUT2D eigenvalue weighted by molar-refractivity contribution is 6.35. The van der Waals surface area contributed by atoms with Crippen molar-refractivity contribution in [3.63, 3.8) is 0 Å². The Hall–Kier alpha value is -0.470. The van der Waals surface area contributed by atoms with Crippen molar-refractivity contribution in [1.29, 1.82) is 0 Å². The summed E-state index contributed by atoms with van der Waals surface area (Å²) in [4.78, 5) is 0. The van der Waals surface area contributed by atoms with E-state index in [0.717, 1.165) is 18.0 Å². The molecule has 3 unspecified atom stereocenters. The van der Waals surface area contributed by atoms with Gasteiger partial charge in [-0.05, 0) is 43.2 Å². The molecule has 0 saturated heterocycles. The third kappa shape index (κ3) is 3.10. The van der Waals surface area contributed by atoms with Crippen molar-refractivity contribution >= 4 is 28.9 Å². The number of benzene rings is 1. The molecule has 2 rings (SSSR count). The number of anilines is 1. The summed E-state index contributed by atoms with van der Waals surface area (Å²) in [6.07, 6.45) is 3.58. The molecule has 1 aliphatic carbocycles. The predicted molar refractivity (Wildman–Crippen MR) is 76.0 cm³/mol. The summed E-state index contributed by atoms with van der Waals surface area (Å²) in [5, 5.41) is 3.57. The standard InChI is InChI=1S/C14H18Cl2FN/c1-8-3-4-13(9(2)5-8)18-10-6-11(15)14(17)12(16)7-10/h6-9,13,18H,3-5H2,1-2H3. The van der Waals surface area contributed by atoms with E-state index in [2.05, 4.69) is 19.2 Å². The summed E-state index contributed by atoms with van der Waals surface area (Å²) in [5.74, 6) is 0.851. The molecule has 0 spiro atoms. The molecule has 1 saturated carbocycles. The second kappa shape index (κ2) is 5.66. The van der Waals surface area contributed by atoms with Gasteiger partial charge in [-0.1, -0.05) is 37.0 Å². The van der Waals surface area contributed by atoms with Gasteiger partial charge in [-0.15, -0.1) is 0 Å². The van der Waals surface area contributed by atoms with E-state index in [1.807, 2.05) is 0 Å². The van der Waals surface area contributed by atoms with Crippen LogP contribution in [-0.4, -0.2) is 6.04 Å². The Labute approximate surface area is 118 Å². The lowest BCUT2D eigenvalue weighted by molar-refractivity contribution is 0.276. The lowest BCUT2D eigenvalue weighted by Crippen LogP contribution is -2.33. The highest BCUT2D eigenvalue weighted by Gasteiger charge is 2.25. The van der Waals surface area contributed by atoms with Gasteiger partial charge in [0.25, 0.3) is 0 Å². The fourth-order valence-corrected chi connectivity index (χ4v) is 3.22. The van der Waals surface area contributed by atoms with Crippen molar-refractivity contribution < 1.29 is 4.39 Å². The molecule has 100 valence electrons. The number of halogens is 3. The van der Waals surface area contributed by atoms with Crippen molar-refractivity contribution in [2.24, 2.45) is 11.8 Å². The summed E-state index contributed by atoms with van der Waals surface area (Å²) >= 11 is 11.6. The van der Waals surface area contributed by atoms with Gasteiger partial charge in [-0.2, -0.15) is 0 Å². The van der Waals surface area contributed by atoms with Gasteiger partial charge in [0.1, 0.15) is 0 Å². The van der Waals surface area contributed by atoms with Gasteiger partial charge in [0, 0.05) is 11.7 Å². The van der Waals surface area contributed by atoms with Crippen LogP contribution in [0.25, 0.3) is 0 Å². The fourth-order valence-electron chi connectivity index (χ4n) is 2.73. The largest absolute Gasteiger partial charge is 0.382 e. The van der Waals surface area contributed by atoms with Crippen LogP contribution in [0.5, 0.6) is 0 Å². The second-order valence-corrected chi connectivity index (χ2v) is 6.21. The van der Waals surface area contributed by atoms with E-state index in [0.29, 0.717) is 12.0 Å². The molecule has 0 amide bonds. The van der Waals surface area contributed by atoms with Crippen LogP contribution in [0.3, 0.4) is 0 Å². The molecule has 1 fully saturated rings. The number of hydrogen-bond donors (Lipinski definition) is 1. The van der Waals surface area contributed by atoms with E-state index in [-0.39, 0.29) is 10.0 Å². The number of hydrogen-bond acceptors (Lipinski definition) is 1. The summed E-state index contributed by atoms with van der Waals surface area (Å²) in [5.41, 5.74) is 0.804. The third-order valence-corrected chi connectivity index (χ3v) is 4.32. The van der Waals surface area contributed by atoms with Crippen LogP contribution in [0.2, 0.25) is 10.0 Å². The van der Waals surface area contributed by atoms with Gasteiger partial charge < -0.3 is 5.32 Å². The Morgan fingerprint density at radius 1 is 1.17 bits per heavy atom. The monoisotopic (exact) mass is 289 g/mol. The van der Waals surface area contributed by atoms with Gasteiger partial charge in [0.15, 0.2) is 5.82 Å². The molecule has 1 aliphatic rings. The maximum Gasteiger partial charge on any atom is 0.160 e. The molecular weight excluding hydrogens is 272 g/mol. The third-order valence-electron chi connectivity index (χ3n) is 3.77. The lowest BCUT2D eigenvalue weighted by Gasteiger charge is -2.34. The Morgan fingerprint density at radius 3 is 2.33 bits per heavy atom. The normalized spacial score (nSPS) is 28.2. The van der Waals surface area contributed by atoms with E-state index >= 15 is 0 Å². The highest BCUT2D eigenvalue weighted by atomic mass is 35.5. The molecule has 0 bridgehead atoms. The Bertz CT molecular complexity index is 413. The van der Waals surface area contributed by atoms with Crippen LogP contribution in [-0.2, 0) is 0 Å². The van der Waals surface area contributed by atoms with Crippen LogP contribution in [0.1, 0.15) is 33.1 Å².